The zero-order chi connectivity index (χ0) is 14.3. The second-order valence-electron chi connectivity index (χ2n) is 5.01. The van der Waals surface area contributed by atoms with Crippen LogP contribution in [0.2, 0.25) is 0 Å². The molecule has 0 aromatic heterocycles. The van der Waals surface area contributed by atoms with E-state index in [2.05, 4.69) is 0 Å². The predicted octanol–water partition coefficient (Wildman–Crippen LogP) is 1.08. The summed E-state index contributed by atoms with van der Waals surface area (Å²) in [6.45, 7) is 8.39. The summed E-state index contributed by atoms with van der Waals surface area (Å²) < 4.78 is 30.2. The van der Waals surface area contributed by atoms with E-state index < -0.39 is 16.1 Å². The van der Waals surface area contributed by atoms with E-state index in [1.165, 1.54) is 10.6 Å². The summed E-state index contributed by atoms with van der Waals surface area (Å²) in [6, 6.07) is 0. The van der Waals surface area contributed by atoms with Crippen molar-refractivity contribution in [3.05, 3.63) is 0 Å². The van der Waals surface area contributed by atoms with Crippen molar-refractivity contribution >= 4 is 10.0 Å². The van der Waals surface area contributed by atoms with Crippen molar-refractivity contribution < 1.29 is 18.3 Å². The second-order valence-corrected chi connectivity index (χ2v) is 6.99. The molecule has 0 aliphatic carbocycles. The minimum atomic E-state index is -3.25. The quantitative estimate of drug-likeness (QED) is 0.687. The lowest BCUT2D eigenvalue weighted by Crippen LogP contribution is -2.41. The van der Waals surface area contributed by atoms with E-state index in [4.69, 9.17) is 4.74 Å². The van der Waals surface area contributed by atoms with E-state index in [0.717, 1.165) is 6.42 Å². The minimum absolute atomic E-state index is 0.00909. The first-order valence-electron chi connectivity index (χ1n) is 6.43. The van der Waals surface area contributed by atoms with Crippen molar-refractivity contribution in [2.24, 2.45) is 5.92 Å². The highest BCUT2D eigenvalue weighted by molar-refractivity contribution is 7.88. The van der Waals surface area contributed by atoms with Crippen LogP contribution >= 0.6 is 0 Å². The van der Waals surface area contributed by atoms with Crippen LogP contribution < -0.4 is 0 Å². The van der Waals surface area contributed by atoms with Crippen LogP contribution in [0.3, 0.4) is 0 Å². The highest BCUT2D eigenvalue weighted by Crippen LogP contribution is 2.11. The number of rotatable bonds is 9. The summed E-state index contributed by atoms with van der Waals surface area (Å²) >= 11 is 0. The summed E-state index contributed by atoms with van der Waals surface area (Å²) in [6.07, 6.45) is 1.45. The van der Waals surface area contributed by atoms with E-state index in [0.29, 0.717) is 12.5 Å². The molecule has 0 aromatic carbocycles. The zero-order valence-electron chi connectivity index (χ0n) is 12.1. The lowest BCUT2D eigenvalue weighted by atomic mass is 10.1. The standard InChI is InChI=1S/C12H27NO4S/c1-6-7-13(18(5,15)16)8-12(9-14)17-11(4)10(2)3/h10-12,14H,6-9H2,1-5H3. The lowest BCUT2D eigenvalue weighted by molar-refractivity contribution is -0.0551. The number of nitrogens with zero attached hydrogens (tertiary/aromatic N) is 1. The molecule has 0 aromatic rings. The van der Waals surface area contributed by atoms with Crippen LogP contribution in [0, 0.1) is 5.92 Å². The Morgan fingerprint density at radius 3 is 2.17 bits per heavy atom. The first-order valence-corrected chi connectivity index (χ1v) is 8.28. The van der Waals surface area contributed by atoms with Crippen molar-refractivity contribution in [3.63, 3.8) is 0 Å². The minimum Gasteiger partial charge on any atom is -0.394 e. The Hall–Kier alpha value is -0.170. The smallest absolute Gasteiger partial charge is 0.211 e. The van der Waals surface area contributed by atoms with E-state index in [1.807, 2.05) is 27.7 Å². The van der Waals surface area contributed by atoms with Gasteiger partial charge in [-0.25, -0.2) is 8.42 Å². The molecule has 0 heterocycles. The number of hydrogen-bond acceptors (Lipinski definition) is 4. The number of hydrogen-bond donors (Lipinski definition) is 1. The predicted molar refractivity (Wildman–Crippen MR) is 73.0 cm³/mol. The van der Waals surface area contributed by atoms with E-state index in [1.54, 1.807) is 0 Å². The average Bonchev–Trinajstić information content (AvgIpc) is 2.25. The van der Waals surface area contributed by atoms with Gasteiger partial charge in [0, 0.05) is 13.1 Å². The molecule has 6 heteroatoms. The van der Waals surface area contributed by atoms with Gasteiger partial charge < -0.3 is 9.84 Å². The Balaban J connectivity index is 4.57. The van der Waals surface area contributed by atoms with E-state index >= 15 is 0 Å². The third kappa shape index (κ3) is 6.68. The van der Waals surface area contributed by atoms with Crippen molar-refractivity contribution in [1.82, 2.24) is 4.31 Å². The summed E-state index contributed by atoms with van der Waals surface area (Å²) in [4.78, 5) is 0. The monoisotopic (exact) mass is 281 g/mol. The molecule has 1 N–H and O–H groups in total. The second kappa shape index (κ2) is 8.09. The zero-order valence-corrected chi connectivity index (χ0v) is 12.9. The Bertz CT molecular complexity index is 316. The molecule has 0 saturated heterocycles. The molecule has 0 aliphatic heterocycles. The molecule has 0 saturated carbocycles. The molecule has 0 fully saturated rings. The van der Waals surface area contributed by atoms with Crippen molar-refractivity contribution in [1.29, 1.82) is 0 Å². The topological polar surface area (TPSA) is 66.8 Å². The summed E-state index contributed by atoms with van der Waals surface area (Å²) in [5.74, 6) is 0.330. The van der Waals surface area contributed by atoms with Gasteiger partial charge in [-0.15, -0.1) is 0 Å². The normalized spacial score (nSPS) is 16.2. The van der Waals surface area contributed by atoms with Gasteiger partial charge >= 0.3 is 0 Å². The van der Waals surface area contributed by atoms with Gasteiger partial charge in [-0.05, 0) is 19.3 Å². The molecule has 0 spiro atoms. The summed E-state index contributed by atoms with van der Waals surface area (Å²) in [5.41, 5.74) is 0. The van der Waals surface area contributed by atoms with Crippen molar-refractivity contribution in [2.45, 2.75) is 46.3 Å². The van der Waals surface area contributed by atoms with Crippen LogP contribution in [0.4, 0.5) is 0 Å². The van der Waals surface area contributed by atoms with Crippen LogP contribution in [0.1, 0.15) is 34.1 Å². The van der Waals surface area contributed by atoms with Gasteiger partial charge in [-0.2, -0.15) is 4.31 Å². The fourth-order valence-electron chi connectivity index (χ4n) is 1.47. The largest absolute Gasteiger partial charge is 0.394 e. The molecule has 0 rings (SSSR count). The van der Waals surface area contributed by atoms with Crippen LogP contribution in [-0.4, -0.2) is 56.0 Å². The lowest BCUT2D eigenvalue weighted by Gasteiger charge is -2.28. The highest BCUT2D eigenvalue weighted by atomic mass is 32.2. The third-order valence-corrected chi connectivity index (χ3v) is 4.17. The number of sulfonamides is 1. The van der Waals surface area contributed by atoms with Gasteiger partial charge in [0.25, 0.3) is 0 Å². The molecular weight excluding hydrogens is 254 g/mol. The molecule has 0 bridgehead atoms. The molecule has 0 amide bonds. The Kier molecular flexibility index (Phi) is 8.02. The van der Waals surface area contributed by atoms with Gasteiger partial charge in [0.05, 0.1) is 25.1 Å². The van der Waals surface area contributed by atoms with E-state index in [9.17, 15) is 13.5 Å². The van der Waals surface area contributed by atoms with Crippen LogP contribution in [-0.2, 0) is 14.8 Å². The summed E-state index contributed by atoms with van der Waals surface area (Å²) in [7, 11) is -3.25. The van der Waals surface area contributed by atoms with Gasteiger partial charge in [-0.3, -0.25) is 0 Å². The first kappa shape index (κ1) is 17.8. The number of ether oxygens (including phenoxy) is 1. The molecule has 0 aliphatic rings. The molecule has 18 heavy (non-hydrogen) atoms. The molecule has 2 unspecified atom stereocenters. The van der Waals surface area contributed by atoms with Crippen LogP contribution in [0.5, 0.6) is 0 Å². The maximum absolute atomic E-state index is 11.6. The average molecular weight is 281 g/mol. The Labute approximate surface area is 111 Å². The Morgan fingerprint density at radius 2 is 1.83 bits per heavy atom. The third-order valence-electron chi connectivity index (χ3n) is 2.90. The fraction of sp³-hybridized carbons (Fsp3) is 1.00. The van der Waals surface area contributed by atoms with Crippen LogP contribution in [0.15, 0.2) is 0 Å². The molecular formula is C12H27NO4S. The first-order chi connectivity index (χ1) is 8.22. The van der Waals surface area contributed by atoms with Crippen molar-refractivity contribution in [3.8, 4) is 0 Å². The molecule has 0 radical (unpaired) electrons. The van der Waals surface area contributed by atoms with Crippen molar-refractivity contribution in [2.75, 3.05) is 26.0 Å². The maximum Gasteiger partial charge on any atom is 0.211 e. The van der Waals surface area contributed by atoms with E-state index in [-0.39, 0.29) is 19.3 Å². The molecule has 2 atom stereocenters. The van der Waals surface area contributed by atoms with Crippen LogP contribution in [0.25, 0.3) is 0 Å². The molecule has 5 nitrogen and oxygen atoms in total. The summed E-state index contributed by atoms with van der Waals surface area (Å²) in [5, 5.41) is 9.29. The van der Waals surface area contributed by atoms with Gasteiger partial charge in [0.1, 0.15) is 0 Å². The maximum atomic E-state index is 11.6. The highest BCUT2D eigenvalue weighted by Gasteiger charge is 2.23. The Morgan fingerprint density at radius 1 is 1.28 bits per heavy atom. The van der Waals surface area contributed by atoms with Gasteiger partial charge in [-0.1, -0.05) is 20.8 Å². The molecule has 110 valence electrons. The fourth-order valence-corrected chi connectivity index (χ4v) is 2.42. The number of aliphatic hydroxyl groups is 1. The SMILES string of the molecule is CCCN(CC(CO)OC(C)C(C)C)S(C)(=O)=O. The van der Waals surface area contributed by atoms with Gasteiger partial charge in [0.15, 0.2) is 0 Å². The van der Waals surface area contributed by atoms with Gasteiger partial charge in [0.2, 0.25) is 10.0 Å². The number of aliphatic hydroxyl groups excluding tert-OH is 1.